The molecule has 192 valence electrons. The van der Waals surface area contributed by atoms with Gasteiger partial charge in [0.2, 0.25) is 5.91 Å². The molecule has 2 aliphatic rings. The minimum absolute atomic E-state index is 0.0249. The molecule has 1 aromatic rings. The van der Waals surface area contributed by atoms with Gasteiger partial charge in [0.25, 0.3) is 0 Å². The summed E-state index contributed by atoms with van der Waals surface area (Å²) in [4.78, 5) is 36.1. The molecule has 8 nitrogen and oxygen atoms in total. The van der Waals surface area contributed by atoms with Crippen LogP contribution in [-0.2, 0) is 20.9 Å². The Balaban J connectivity index is 0.000000343. The summed E-state index contributed by atoms with van der Waals surface area (Å²) in [5.41, 5.74) is 1.33. The molecule has 3 rings (SSSR count). The summed E-state index contributed by atoms with van der Waals surface area (Å²) in [5, 5.41) is 17.5. The molecule has 0 aromatic carbocycles. The Labute approximate surface area is 191 Å². The number of carboxylic acid groups (broad SMARTS) is 2. The lowest BCUT2D eigenvalue weighted by Gasteiger charge is -2.48. The van der Waals surface area contributed by atoms with Crippen LogP contribution in [0.5, 0.6) is 0 Å². The van der Waals surface area contributed by atoms with Gasteiger partial charge in [-0.25, -0.2) is 9.59 Å². The van der Waals surface area contributed by atoms with Crippen molar-refractivity contribution >= 4 is 17.8 Å². The minimum atomic E-state index is -5.08. The summed E-state index contributed by atoms with van der Waals surface area (Å²) >= 11 is 0. The lowest BCUT2D eigenvalue weighted by molar-refractivity contribution is -0.193. The van der Waals surface area contributed by atoms with Crippen molar-refractivity contribution in [2.75, 3.05) is 6.54 Å². The van der Waals surface area contributed by atoms with E-state index in [1.807, 2.05) is 12.4 Å². The number of carbonyl (C=O) groups excluding carboxylic acids is 1. The first kappa shape index (κ1) is 29.1. The quantitative estimate of drug-likeness (QED) is 0.544. The number of piperidine rings is 1. The fourth-order valence-electron chi connectivity index (χ4n) is 4.01. The third-order valence-electron chi connectivity index (χ3n) is 5.34. The lowest BCUT2D eigenvalue weighted by Crippen LogP contribution is -2.61. The average molecular weight is 501 g/mol. The number of alkyl halides is 6. The standard InChI is InChI=1S/C16H23N3O.2C2HF3O2/c1-2-14-16(8-4-15(20)18-16)7-3-11-19(14)12-13-5-9-17-10-6-13;2*3-2(4,5)1(6)7/h5-6,9-10,14H,2-4,7-8,11-12H2,1H3,(H,18,20);2*(H,6,7)/t14-,16-;;/m0../s1. The van der Waals surface area contributed by atoms with Crippen molar-refractivity contribution in [3.8, 4) is 0 Å². The second-order valence-electron chi connectivity index (χ2n) is 7.66. The molecular weight excluding hydrogens is 476 g/mol. The molecule has 3 heterocycles. The highest BCUT2D eigenvalue weighted by Gasteiger charge is 2.47. The highest BCUT2D eigenvalue weighted by Crippen LogP contribution is 2.37. The van der Waals surface area contributed by atoms with Crippen LogP contribution in [-0.4, -0.2) is 68.4 Å². The van der Waals surface area contributed by atoms with E-state index in [0.717, 1.165) is 32.4 Å². The smallest absolute Gasteiger partial charge is 0.475 e. The number of hydrogen-bond acceptors (Lipinski definition) is 5. The van der Waals surface area contributed by atoms with Crippen LogP contribution in [0.3, 0.4) is 0 Å². The molecule has 1 amide bonds. The normalized spacial score (nSPS) is 22.7. The highest BCUT2D eigenvalue weighted by molar-refractivity contribution is 5.79. The number of nitrogens with zero attached hydrogens (tertiary/aromatic N) is 2. The lowest BCUT2D eigenvalue weighted by atomic mass is 9.78. The molecule has 2 saturated heterocycles. The summed E-state index contributed by atoms with van der Waals surface area (Å²) < 4.78 is 63.5. The maximum absolute atomic E-state index is 11.7. The fraction of sp³-hybridized carbons (Fsp3) is 0.600. The molecule has 3 N–H and O–H groups in total. The van der Waals surface area contributed by atoms with Crippen molar-refractivity contribution in [1.29, 1.82) is 0 Å². The van der Waals surface area contributed by atoms with Gasteiger partial charge in [-0.05, 0) is 49.9 Å². The molecule has 1 aromatic heterocycles. The van der Waals surface area contributed by atoms with E-state index in [1.165, 1.54) is 12.0 Å². The number of amides is 1. The number of carboxylic acids is 2. The van der Waals surface area contributed by atoms with Gasteiger partial charge in [0, 0.05) is 31.4 Å². The topological polar surface area (TPSA) is 120 Å². The molecule has 2 atom stereocenters. The zero-order valence-corrected chi connectivity index (χ0v) is 18.1. The summed E-state index contributed by atoms with van der Waals surface area (Å²) in [6, 6.07) is 4.62. The largest absolute Gasteiger partial charge is 0.490 e. The van der Waals surface area contributed by atoms with E-state index in [2.05, 4.69) is 34.3 Å². The van der Waals surface area contributed by atoms with E-state index in [9.17, 15) is 31.1 Å². The van der Waals surface area contributed by atoms with Crippen molar-refractivity contribution < 1.29 is 50.9 Å². The predicted molar refractivity (Wildman–Crippen MR) is 105 cm³/mol. The third kappa shape index (κ3) is 8.80. The Morgan fingerprint density at radius 3 is 1.97 bits per heavy atom. The number of pyridine rings is 1. The van der Waals surface area contributed by atoms with Gasteiger partial charge in [0.05, 0.1) is 5.54 Å². The Kier molecular flexibility index (Phi) is 10.3. The summed E-state index contributed by atoms with van der Waals surface area (Å²) in [5.74, 6) is -5.28. The van der Waals surface area contributed by atoms with E-state index < -0.39 is 24.3 Å². The van der Waals surface area contributed by atoms with Crippen LogP contribution in [0.1, 0.15) is 44.6 Å². The first-order valence-corrected chi connectivity index (χ1v) is 10.2. The maximum Gasteiger partial charge on any atom is 0.490 e. The molecule has 14 heteroatoms. The predicted octanol–water partition coefficient (Wildman–Crippen LogP) is 3.37. The average Bonchev–Trinajstić information content (AvgIpc) is 3.09. The van der Waals surface area contributed by atoms with Crippen LogP contribution >= 0.6 is 0 Å². The number of aliphatic carboxylic acids is 2. The summed E-state index contributed by atoms with van der Waals surface area (Å²) in [7, 11) is 0. The van der Waals surface area contributed by atoms with Crippen LogP contribution in [0.2, 0.25) is 0 Å². The SMILES string of the molecule is CC[C@@H]1N(Cc2ccncc2)CCC[C@]12CCC(=O)N2.O=C(O)C(F)(F)F.O=C(O)C(F)(F)F. The summed E-state index contributed by atoms with van der Waals surface area (Å²) in [6.07, 6.45) is -1.38. The first-order chi connectivity index (χ1) is 15.6. The van der Waals surface area contributed by atoms with Gasteiger partial charge in [0.1, 0.15) is 0 Å². The molecule has 2 aliphatic heterocycles. The number of rotatable bonds is 3. The third-order valence-corrected chi connectivity index (χ3v) is 5.34. The maximum atomic E-state index is 11.7. The molecule has 0 saturated carbocycles. The number of likely N-dealkylation sites (tertiary alicyclic amines) is 1. The van der Waals surface area contributed by atoms with Gasteiger partial charge in [-0.2, -0.15) is 26.3 Å². The van der Waals surface area contributed by atoms with Crippen LogP contribution in [0.15, 0.2) is 24.5 Å². The van der Waals surface area contributed by atoms with E-state index in [-0.39, 0.29) is 11.4 Å². The second-order valence-corrected chi connectivity index (χ2v) is 7.66. The number of carbonyl (C=O) groups is 3. The van der Waals surface area contributed by atoms with Gasteiger partial charge in [-0.15, -0.1) is 0 Å². The fourth-order valence-corrected chi connectivity index (χ4v) is 4.01. The zero-order chi connectivity index (χ0) is 26.2. The van der Waals surface area contributed by atoms with Crippen molar-refractivity contribution in [3.63, 3.8) is 0 Å². The Morgan fingerprint density at radius 1 is 1.09 bits per heavy atom. The van der Waals surface area contributed by atoms with Gasteiger partial charge < -0.3 is 15.5 Å². The van der Waals surface area contributed by atoms with Crippen molar-refractivity contribution in [1.82, 2.24) is 15.2 Å². The Morgan fingerprint density at radius 2 is 1.59 bits per heavy atom. The van der Waals surface area contributed by atoms with E-state index >= 15 is 0 Å². The highest BCUT2D eigenvalue weighted by atomic mass is 19.4. The minimum Gasteiger partial charge on any atom is -0.475 e. The van der Waals surface area contributed by atoms with Gasteiger partial charge in [-0.1, -0.05) is 6.92 Å². The zero-order valence-electron chi connectivity index (χ0n) is 18.1. The van der Waals surface area contributed by atoms with Crippen LogP contribution in [0, 0.1) is 0 Å². The monoisotopic (exact) mass is 501 g/mol. The van der Waals surface area contributed by atoms with E-state index in [0.29, 0.717) is 12.5 Å². The Bertz CT molecular complexity index is 810. The van der Waals surface area contributed by atoms with Crippen LogP contribution in [0.4, 0.5) is 26.3 Å². The number of halogens is 6. The van der Waals surface area contributed by atoms with Crippen LogP contribution < -0.4 is 5.32 Å². The van der Waals surface area contributed by atoms with Crippen LogP contribution in [0.25, 0.3) is 0 Å². The van der Waals surface area contributed by atoms with Crippen molar-refractivity contribution in [3.05, 3.63) is 30.1 Å². The van der Waals surface area contributed by atoms with Gasteiger partial charge in [-0.3, -0.25) is 14.7 Å². The molecular formula is C20H25F6N3O5. The summed E-state index contributed by atoms with van der Waals surface area (Å²) in [6.45, 7) is 4.32. The second kappa shape index (κ2) is 12.0. The molecule has 0 radical (unpaired) electrons. The van der Waals surface area contributed by atoms with Gasteiger partial charge in [0.15, 0.2) is 0 Å². The van der Waals surface area contributed by atoms with Crippen molar-refractivity contribution in [2.45, 2.75) is 69.5 Å². The Hall–Kier alpha value is -2.90. The molecule has 2 fully saturated rings. The number of hydrogen-bond donors (Lipinski definition) is 3. The number of aromatic nitrogens is 1. The van der Waals surface area contributed by atoms with Gasteiger partial charge >= 0.3 is 24.3 Å². The molecule has 0 aliphatic carbocycles. The first-order valence-electron chi connectivity index (χ1n) is 10.2. The molecule has 0 unspecified atom stereocenters. The molecule has 0 bridgehead atoms. The number of nitrogens with one attached hydrogen (secondary N) is 1. The van der Waals surface area contributed by atoms with E-state index in [1.54, 1.807) is 0 Å². The van der Waals surface area contributed by atoms with E-state index in [4.69, 9.17) is 19.8 Å². The molecule has 34 heavy (non-hydrogen) atoms. The van der Waals surface area contributed by atoms with Crippen molar-refractivity contribution in [2.24, 2.45) is 0 Å². The molecule has 1 spiro atoms.